The molecule has 0 spiro atoms. The Balaban J connectivity index is 2.26. The number of nitrogens with zero attached hydrogens (tertiary/aromatic N) is 1. The SMILES string of the molecule is CC(O)CNS(=O)(=O)c1ccc(-c2cccc([N+](=O)[O-])c2)cc1. The van der Waals surface area contributed by atoms with Gasteiger partial charge in [0.05, 0.1) is 15.9 Å². The lowest BCUT2D eigenvalue weighted by Gasteiger charge is -2.09. The van der Waals surface area contributed by atoms with Crippen LogP contribution < -0.4 is 4.72 Å². The van der Waals surface area contributed by atoms with Crippen molar-refractivity contribution in [3.8, 4) is 11.1 Å². The molecule has 0 aliphatic rings. The minimum absolute atomic E-state index is 0.0298. The predicted octanol–water partition coefficient (Wildman–Crippen LogP) is 1.92. The minimum atomic E-state index is -3.69. The molecule has 0 heterocycles. The maximum absolute atomic E-state index is 12.0. The van der Waals surface area contributed by atoms with E-state index in [0.717, 1.165) is 0 Å². The Morgan fingerprint density at radius 1 is 1.17 bits per heavy atom. The van der Waals surface area contributed by atoms with E-state index in [1.54, 1.807) is 24.3 Å². The molecule has 0 saturated heterocycles. The average molecular weight is 336 g/mol. The Bertz CT molecular complexity index is 801. The Hall–Kier alpha value is -2.29. The number of rotatable bonds is 6. The predicted molar refractivity (Wildman–Crippen MR) is 85.4 cm³/mol. The van der Waals surface area contributed by atoms with Gasteiger partial charge in [-0.05, 0) is 30.2 Å². The number of nitrogens with one attached hydrogen (secondary N) is 1. The number of aliphatic hydroxyl groups excluding tert-OH is 1. The summed E-state index contributed by atoms with van der Waals surface area (Å²) in [6.45, 7) is 1.41. The van der Waals surface area contributed by atoms with E-state index in [-0.39, 0.29) is 17.1 Å². The molecule has 0 fully saturated rings. The third kappa shape index (κ3) is 4.35. The van der Waals surface area contributed by atoms with E-state index in [9.17, 15) is 18.5 Å². The third-order valence-electron chi connectivity index (χ3n) is 3.12. The van der Waals surface area contributed by atoms with Crippen LogP contribution in [-0.2, 0) is 10.0 Å². The van der Waals surface area contributed by atoms with Crippen LogP contribution in [-0.4, -0.2) is 31.1 Å². The van der Waals surface area contributed by atoms with Crippen molar-refractivity contribution in [2.75, 3.05) is 6.54 Å². The molecule has 1 unspecified atom stereocenters. The van der Waals surface area contributed by atoms with Gasteiger partial charge in [0.1, 0.15) is 0 Å². The number of aliphatic hydroxyl groups is 1. The van der Waals surface area contributed by atoms with Crippen molar-refractivity contribution in [2.24, 2.45) is 0 Å². The average Bonchev–Trinajstić information content (AvgIpc) is 2.53. The number of hydrogen-bond acceptors (Lipinski definition) is 5. The Kier molecular flexibility index (Phi) is 5.09. The van der Waals surface area contributed by atoms with Gasteiger partial charge in [-0.2, -0.15) is 0 Å². The molecule has 0 bridgehead atoms. The summed E-state index contributed by atoms with van der Waals surface area (Å²) in [4.78, 5) is 10.4. The highest BCUT2D eigenvalue weighted by Crippen LogP contribution is 2.24. The standard InChI is InChI=1S/C15H16N2O5S/c1-11(18)10-16-23(21,22)15-7-5-12(6-8-15)13-3-2-4-14(9-13)17(19)20/h2-9,11,16,18H,10H2,1H3. The van der Waals surface area contributed by atoms with Crippen molar-refractivity contribution in [3.05, 3.63) is 58.6 Å². The molecular formula is C15H16N2O5S. The first-order valence-electron chi connectivity index (χ1n) is 6.82. The fraction of sp³-hybridized carbons (Fsp3) is 0.200. The Morgan fingerprint density at radius 2 is 1.83 bits per heavy atom. The lowest BCUT2D eigenvalue weighted by atomic mass is 10.1. The summed E-state index contributed by atoms with van der Waals surface area (Å²) in [5.41, 5.74) is 1.26. The molecular weight excluding hydrogens is 320 g/mol. The molecule has 0 amide bonds. The second-order valence-corrected chi connectivity index (χ2v) is 6.80. The molecule has 0 saturated carbocycles. The van der Waals surface area contributed by atoms with Gasteiger partial charge >= 0.3 is 0 Å². The summed E-state index contributed by atoms with van der Waals surface area (Å²) in [7, 11) is -3.69. The second kappa shape index (κ2) is 6.86. The molecule has 2 N–H and O–H groups in total. The van der Waals surface area contributed by atoms with Crippen LogP contribution >= 0.6 is 0 Å². The van der Waals surface area contributed by atoms with Crippen molar-refractivity contribution in [3.63, 3.8) is 0 Å². The highest BCUT2D eigenvalue weighted by molar-refractivity contribution is 7.89. The monoisotopic (exact) mass is 336 g/mol. The molecule has 2 aromatic carbocycles. The van der Waals surface area contributed by atoms with Gasteiger partial charge in [-0.3, -0.25) is 10.1 Å². The number of hydrogen-bond donors (Lipinski definition) is 2. The van der Waals surface area contributed by atoms with Crippen molar-refractivity contribution < 1.29 is 18.4 Å². The van der Waals surface area contributed by atoms with Gasteiger partial charge in [0.15, 0.2) is 0 Å². The molecule has 1 atom stereocenters. The van der Waals surface area contributed by atoms with Crippen LogP contribution in [0.15, 0.2) is 53.4 Å². The normalized spacial score (nSPS) is 12.8. The van der Waals surface area contributed by atoms with Gasteiger partial charge in [0, 0.05) is 18.7 Å². The van der Waals surface area contributed by atoms with E-state index in [2.05, 4.69) is 4.72 Å². The van der Waals surface area contributed by atoms with Gasteiger partial charge < -0.3 is 5.11 Å². The van der Waals surface area contributed by atoms with Gasteiger partial charge in [-0.1, -0.05) is 24.3 Å². The first-order chi connectivity index (χ1) is 10.8. The van der Waals surface area contributed by atoms with E-state index in [1.807, 2.05) is 0 Å². The van der Waals surface area contributed by atoms with Crippen LogP contribution in [0.5, 0.6) is 0 Å². The largest absolute Gasteiger partial charge is 0.392 e. The van der Waals surface area contributed by atoms with Gasteiger partial charge in [-0.25, -0.2) is 13.1 Å². The van der Waals surface area contributed by atoms with Gasteiger partial charge in [0.2, 0.25) is 10.0 Å². The molecule has 8 heteroatoms. The Morgan fingerprint density at radius 3 is 2.39 bits per heavy atom. The van der Waals surface area contributed by atoms with Crippen LogP contribution in [0.4, 0.5) is 5.69 Å². The summed E-state index contributed by atoms with van der Waals surface area (Å²) in [5.74, 6) is 0. The fourth-order valence-corrected chi connectivity index (χ4v) is 3.06. The zero-order chi connectivity index (χ0) is 17.0. The molecule has 0 aliphatic heterocycles. The lowest BCUT2D eigenvalue weighted by molar-refractivity contribution is -0.384. The summed E-state index contributed by atoms with van der Waals surface area (Å²) in [6.07, 6.45) is -0.783. The van der Waals surface area contributed by atoms with Crippen LogP contribution in [0.2, 0.25) is 0 Å². The summed E-state index contributed by atoms with van der Waals surface area (Å²) < 4.78 is 26.3. The van der Waals surface area contributed by atoms with Crippen molar-refractivity contribution >= 4 is 15.7 Å². The van der Waals surface area contributed by atoms with E-state index in [4.69, 9.17) is 5.11 Å². The van der Waals surface area contributed by atoms with Crippen molar-refractivity contribution in [1.29, 1.82) is 0 Å². The molecule has 2 aromatic rings. The van der Waals surface area contributed by atoms with Crippen LogP contribution in [0.1, 0.15) is 6.92 Å². The van der Waals surface area contributed by atoms with Crippen LogP contribution in [0, 0.1) is 10.1 Å². The van der Waals surface area contributed by atoms with Crippen LogP contribution in [0.25, 0.3) is 11.1 Å². The molecule has 23 heavy (non-hydrogen) atoms. The van der Waals surface area contributed by atoms with Gasteiger partial charge in [0.25, 0.3) is 5.69 Å². The topological polar surface area (TPSA) is 110 Å². The summed E-state index contributed by atoms with van der Waals surface area (Å²) in [6, 6.07) is 12.1. The zero-order valence-corrected chi connectivity index (χ0v) is 13.2. The first-order valence-corrected chi connectivity index (χ1v) is 8.30. The van der Waals surface area contributed by atoms with E-state index < -0.39 is 21.1 Å². The Labute approximate surface area is 133 Å². The maximum atomic E-state index is 12.0. The van der Waals surface area contributed by atoms with Crippen LogP contribution in [0.3, 0.4) is 0 Å². The minimum Gasteiger partial charge on any atom is -0.392 e. The molecule has 0 radical (unpaired) electrons. The number of benzene rings is 2. The third-order valence-corrected chi connectivity index (χ3v) is 4.56. The lowest BCUT2D eigenvalue weighted by Crippen LogP contribution is -2.30. The van der Waals surface area contributed by atoms with Crippen molar-refractivity contribution in [1.82, 2.24) is 4.72 Å². The summed E-state index contributed by atoms with van der Waals surface area (Å²) >= 11 is 0. The highest BCUT2D eigenvalue weighted by atomic mass is 32.2. The number of nitro benzene ring substituents is 1. The first kappa shape index (κ1) is 17.1. The smallest absolute Gasteiger partial charge is 0.270 e. The molecule has 0 aromatic heterocycles. The number of non-ortho nitro benzene ring substituents is 1. The molecule has 122 valence electrons. The fourth-order valence-electron chi connectivity index (χ4n) is 1.94. The second-order valence-electron chi connectivity index (χ2n) is 5.03. The summed E-state index contributed by atoms with van der Waals surface area (Å²) in [5, 5.41) is 19.9. The maximum Gasteiger partial charge on any atom is 0.270 e. The van der Waals surface area contributed by atoms with E-state index in [0.29, 0.717) is 11.1 Å². The quantitative estimate of drug-likeness (QED) is 0.618. The molecule has 2 rings (SSSR count). The highest BCUT2D eigenvalue weighted by Gasteiger charge is 2.15. The zero-order valence-electron chi connectivity index (χ0n) is 12.3. The number of sulfonamides is 1. The van der Waals surface area contributed by atoms with Crippen molar-refractivity contribution in [2.45, 2.75) is 17.9 Å². The molecule has 0 aliphatic carbocycles. The number of nitro groups is 1. The van der Waals surface area contributed by atoms with E-state index >= 15 is 0 Å². The van der Waals surface area contributed by atoms with Gasteiger partial charge in [-0.15, -0.1) is 0 Å². The van der Waals surface area contributed by atoms with E-state index in [1.165, 1.54) is 31.2 Å². The molecule has 7 nitrogen and oxygen atoms in total.